The molecule has 0 aliphatic heterocycles. The third-order valence-corrected chi connectivity index (χ3v) is 2.65. The van der Waals surface area contributed by atoms with Gasteiger partial charge in [-0.2, -0.15) is 5.26 Å². The normalized spacial score (nSPS) is 9.52. The highest BCUT2D eigenvalue weighted by Gasteiger charge is 2.03. The van der Waals surface area contributed by atoms with Crippen molar-refractivity contribution in [2.45, 2.75) is 19.8 Å². The SMILES string of the molecule is CCOC(=O)CCCNC(=O)CNc1ccc(C#N)cc1. The number of amides is 1. The minimum absolute atomic E-state index is 0.144. The summed E-state index contributed by atoms with van der Waals surface area (Å²) in [5.41, 5.74) is 1.35. The average Bonchev–Trinajstić information content (AvgIpc) is 2.50. The smallest absolute Gasteiger partial charge is 0.305 e. The molecule has 0 aliphatic rings. The van der Waals surface area contributed by atoms with Crippen molar-refractivity contribution in [1.29, 1.82) is 5.26 Å². The number of anilines is 1. The van der Waals surface area contributed by atoms with Crippen molar-refractivity contribution in [2.24, 2.45) is 0 Å². The molecule has 0 aromatic heterocycles. The van der Waals surface area contributed by atoms with Crippen LogP contribution in [0.3, 0.4) is 0 Å². The molecular formula is C15H19N3O3. The van der Waals surface area contributed by atoms with Gasteiger partial charge in [0.15, 0.2) is 0 Å². The lowest BCUT2D eigenvalue weighted by Gasteiger charge is -2.07. The van der Waals surface area contributed by atoms with Crippen molar-refractivity contribution < 1.29 is 14.3 Å². The van der Waals surface area contributed by atoms with Crippen LogP contribution >= 0.6 is 0 Å². The van der Waals surface area contributed by atoms with Crippen LogP contribution in [0, 0.1) is 11.3 Å². The molecule has 1 amide bonds. The molecule has 0 heterocycles. The molecule has 112 valence electrons. The fourth-order valence-electron chi connectivity index (χ4n) is 1.60. The van der Waals surface area contributed by atoms with Gasteiger partial charge in [-0.25, -0.2) is 0 Å². The molecule has 0 spiro atoms. The zero-order valence-electron chi connectivity index (χ0n) is 12.0. The molecule has 0 unspecified atom stereocenters. The predicted molar refractivity (Wildman–Crippen MR) is 78.5 cm³/mol. The van der Waals surface area contributed by atoms with Crippen LogP contribution in [-0.2, 0) is 14.3 Å². The third kappa shape index (κ3) is 6.97. The second-order valence-corrected chi connectivity index (χ2v) is 4.30. The summed E-state index contributed by atoms with van der Waals surface area (Å²) in [5, 5.41) is 14.3. The zero-order valence-corrected chi connectivity index (χ0v) is 12.0. The number of esters is 1. The number of benzene rings is 1. The molecule has 0 atom stereocenters. The summed E-state index contributed by atoms with van der Waals surface area (Å²) in [5.74, 6) is -0.398. The lowest BCUT2D eigenvalue weighted by molar-refractivity contribution is -0.143. The lowest BCUT2D eigenvalue weighted by atomic mass is 10.2. The maximum absolute atomic E-state index is 11.6. The molecule has 1 rings (SSSR count). The standard InChI is InChI=1S/C15H19N3O3/c1-2-21-15(20)4-3-9-17-14(19)11-18-13-7-5-12(10-16)6-8-13/h5-8,18H,2-4,9,11H2,1H3,(H,17,19). The highest BCUT2D eigenvalue weighted by molar-refractivity contribution is 5.80. The van der Waals surface area contributed by atoms with Crippen molar-refractivity contribution in [3.05, 3.63) is 29.8 Å². The molecular weight excluding hydrogens is 270 g/mol. The monoisotopic (exact) mass is 289 g/mol. The number of carbonyl (C=O) groups is 2. The van der Waals surface area contributed by atoms with Gasteiger partial charge in [0, 0.05) is 18.7 Å². The summed E-state index contributed by atoms with van der Waals surface area (Å²) < 4.78 is 4.79. The van der Waals surface area contributed by atoms with Crippen LogP contribution in [0.5, 0.6) is 0 Å². The molecule has 0 saturated heterocycles. The van der Waals surface area contributed by atoms with Crippen molar-refractivity contribution in [3.8, 4) is 6.07 Å². The van der Waals surface area contributed by atoms with Gasteiger partial charge in [0.2, 0.25) is 5.91 Å². The molecule has 6 nitrogen and oxygen atoms in total. The van der Waals surface area contributed by atoms with Crippen LogP contribution in [0.1, 0.15) is 25.3 Å². The first kappa shape index (κ1) is 16.5. The summed E-state index contributed by atoms with van der Waals surface area (Å²) in [6.07, 6.45) is 0.860. The van der Waals surface area contributed by atoms with E-state index in [0.29, 0.717) is 31.6 Å². The van der Waals surface area contributed by atoms with E-state index >= 15 is 0 Å². The Morgan fingerprint density at radius 3 is 2.62 bits per heavy atom. The highest BCUT2D eigenvalue weighted by atomic mass is 16.5. The Morgan fingerprint density at radius 1 is 1.29 bits per heavy atom. The summed E-state index contributed by atoms with van der Waals surface area (Å²) in [4.78, 5) is 22.6. The first-order valence-corrected chi connectivity index (χ1v) is 6.82. The average molecular weight is 289 g/mol. The number of ether oxygens (including phenoxy) is 1. The van der Waals surface area contributed by atoms with E-state index in [1.165, 1.54) is 0 Å². The summed E-state index contributed by atoms with van der Waals surface area (Å²) in [6.45, 7) is 2.71. The largest absolute Gasteiger partial charge is 0.466 e. The quantitative estimate of drug-likeness (QED) is 0.558. The molecule has 1 aromatic carbocycles. The van der Waals surface area contributed by atoms with E-state index in [-0.39, 0.29) is 18.4 Å². The fourth-order valence-corrected chi connectivity index (χ4v) is 1.60. The van der Waals surface area contributed by atoms with Crippen molar-refractivity contribution >= 4 is 17.6 Å². The van der Waals surface area contributed by atoms with Crippen LogP contribution < -0.4 is 10.6 Å². The van der Waals surface area contributed by atoms with Crippen LogP contribution in [0.15, 0.2) is 24.3 Å². The Hall–Kier alpha value is -2.55. The van der Waals surface area contributed by atoms with Gasteiger partial charge in [0.1, 0.15) is 0 Å². The van der Waals surface area contributed by atoms with E-state index in [1.807, 2.05) is 6.07 Å². The Labute approximate surface area is 124 Å². The van der Waals surface area contributed by atoms with Gasteiger partial charge in [-0.1, -0.05) is 0 Å². The van der Waals surface area contributed by atoms with Crippen LogP contribution in [0.4, 0.5) is 5.69 Å². The molecule has 0 bridgehead atoms. The van der Waals surface area contributed by atoms with E-state index in [9.17, 15) is 9.59 Å². The molecule has 1 aromatic rings. The van der Waals surface area contributed by atoms with Gasteiger partial charge < -0.3 is 15.4 Å². The Balaban J connectivity index is 2.16. The van der Waals surface area contributed by atoms with E-state index in [0.717, 1.165) is 5.69 Å². The van der Waals surface area contributed by atoms with E-state index < -0.39 is 0 Å². The first-order chi connectivity index (χ1) is 10.2. The second-order valence-electron chi connectivity index (χ2n) is 4.30. The summed E-state index contributed by atoms with van der Waals surface area (Å²) >= 11 is 0. The Kier molecular flexibility index (Phi) is 7.36. The van der Waals surface area contributed by atoms with Crippen LogP contribution in [0.2, 0.25) is 0 Å². The molecule has 6 heteroatoms. The number of nitrogens with zero attached hydrogens (tertiary/aromatic N) is 1. The maximum Gasteiger partial charge on any atom is 0.305 e. The first-order valence-electron chi connectivity index (χ1n) is 6.82. The number of hydrogen-bond acceptors (Lipinski definition) is 5. The topological polar surface area (TPSA) is 91.2 Å². The molecule has 0 saturated carbocycles. The molecule has 2 N–H and O–H groups in total. The van der Waals surface area contributed by atoms with Crippen molar-refractivity contribution in [2.75, 3.05) is 25.0 Å². The van der Waals surface area contributed by atoms with E-state index in [1.54, 1.807) is 31.2 Å². The second kappa shape index (κ2) is 9.37. The number of carbonyl (C=O) groups excluding carboxylic acids is 2. The van der Waals surface area contributed by atoms with Gasteiger partial charge in [0.25, 0.3) is 0 Å². The van der Waals surface area contributed by atoms with Crippen LogP contribution in [-0.4, -0.2) is 31.6 Å². The third-order valence-electron chi connectivity index (χ3n) is 2.65. The minimum Gasteiger partial charge on any atom is -0.466 e. The molecule has 21 heavy (non-hydrogen) atoms. The fraction of sp³-hybridized carbons (Fsp3) is 0.400. The van der Waals surface area contributed by atoms with Crippen LogP contribution in [0.25, 0.3) is 0 Å². The Morgan fingerprint density at radius 2 is 2.00 bits per heavy atom. The predicted octanol–water partition coefficient (Wildman–Crippen LogP) is 1.43. The van der Waals surface area contributed by atoms with Gasteiger partial charge in [0.05, 0.1) is 24.8 Å². The number of nitriles is 1. The summed E-state index contributed by atoms with van der Waals surface area (Å²) in [7, 11) is 0. The van der Waals surface area contributed by atoms with Gasteiger partial charge >= 0.3 is 5.97 Å². The summed E-state index contributed by atoms with van der Waals surface area (Å²) in [6, 6.07) is 8.87. The van der Waals surface area contributed by atoms with Gasteiger partial charge in [-0.05, 0) is 37.6 Å². The number of rotatable bonds is 8. The van der Waals surface area contributed by atoms with E-state index in [2.05, 4.69) is 10.6 Å². The van der Waals surface area contributed by atoms with Crippen molar-refractivity contribution in [3.63, 3.8) is 0 Å². The Bertz CT molecular complexity index is 506. The number of hydrogen-bond donors (Lipinski definition) is 2. The minimum atomic E-state index is -0.248. The molecule has 0 radical (unpaired) electrons. The van der Waals surface area contributed by atoms with Gasteiger partial charge in [-0.15, -0.1) is 0 Å². The zero-order chi connectivity index (χ0) is 15.5. The lowest BCUT2D eigenvalue weighted by Crippen LogP contribution is -2.30. The number of nitrogens with one attached hydrogen (secondary N) is 2. The maximum atomic E-state index is 11.6. The van der Waals surface area contributed by atoms with Gasteiger partial charge in [-0.3, -0.25) is 9.59 Å². The molecule has 0 aliphatic carbocycles. The van der Waals surface area contributed by atoms with E-state index in [4.69, 9.17) is 10.00 Å². The van der Waals surface area contributed by atoms with Crippen molar-refractivity contribution in [1.82, 2.24) is 5.32 Å². The highest BCUT2D eigenvalue weighted by Crippen LogP contribution is 2.07. The molecule has 0 fully saturated rings.